The Labute approximate surface area is 101 Å². The molecule has 1 unspecified atom stereocenters. The van der Waals surface area contributed by atoms with Gasteiger partial charge in [0.25, 0.3) is 0 Å². The average molecular weight is 245 g/mol. The van der Waals surface area contributed by atoms with Gasteiger partial charge in [0.1, 0.15) is 10.9 Å². The zero-order valence-electron chi connectivity index (χ0n) is 9.62. The van der Waals surface area contributed by atoms with E-state index in [0.29, 0.717) is 17.0 Å². The number of thioether (sulfide) groups is 1. The molecular formula is C11H17ClN2S. The smallest absolute Gasteiger partial charge is 0.132 e. The van der Waals surface area contributed by atoms with E-state index >= 15 is 0 Å². The topological polar surface area (TPSA) is 25.8 Å². The van der Waals surface area contributed by atoms with E-state index in [-0.39, 0.29) is 0 Å². The van der Waals surface area contributed by atoms with Crippen molar-refractivity contribution in [2.75, 3.05) is 5.88 Å². The summed E-state index contributed by atoms with van der Waals surface area (Å²) in [7, 11) is 0. The van der Waals surface area contributed by atoms with Gasteiger partial charge in [-0.15, -0.1) is 23.4 Å². The molecule has 0 aliphatic carbocycles. The van der Waals surface area contributed by atoms with Crippen molar-refractivity contribution in [3.8, 4) is 0 Å². The lowest BCUT2D eigenvalue weighted by Crippen LogP contribution is -2.03. The van der Waals surface area contributed by atoms with Gasteiger partial charge in [0.15, 0.2) is 0 Å². The third-order valence-electron chi connectivity index (χ3n) is 1.90. The lowest BCUT2D eigenvalue weighted by Gasteiger charge is -2.10. The van der Waals surface area contributed by atoms with Gasteiger partial charge in [0.05, 0.1) is 0 Å². The predicted octanol–water partition coefficient (Wildman–Crippen LogP) is 3.63. The molecule has 0 saturated heterocycles. The van der Waals surface area contributed by atoms with E-state index in [4.69, 9.17) is 11.6 Å². The molecule has 4 heteroatoms. The van der Waals surface area contributed by atoms with E-state index in [2.05, 4.69) is 30.7 Å². The minimum absolute atomic E-state index is 0.371. The zero-order valence-corrected chi connectivity index (χ0v) is 11.2. The molecule has 1 rings (SSSR count). The van der Waals surface area contributed by atoms with Crippen LogP contribution in [0.3, 0.4) is 0 Å². The fraction of sp³-hybridized carbons (Fsp3) is 0.636. The number of aromatic nitrogens is 2. The van der Waals surface area contributed by atoms with Gasteiger partial charge in [-0.2, -0.15) is 0 Å². The quantitative estimate of drug-likeness (QED) is 0.460. The number of hydrogen-bond acceptors (Lipinski definition) is 3. The van der Waals surface area contributed by atoms with Crippen LogP contribution in [0.5, 0.6) is 0 Å². The molecule has 0 fully saturated rings. The first-order chi connectivity index (χ1) is 7.02. The molecule has 0 spiro atoms. The summed E-state index contributed by atoms with van der Waals surface area (Å²) in [5, 5.41) is 1.42. The normalized spacial score (nSPS) is 13.2. The van der Waals surface area contributed by atoms with Crippen LogP contribution in [0.1, 0.15) is 38.2 Å². The summed E-state index contributed by atoms with van der Waals surface area (Å²) in [6, 6.07) is 2.01. The third-order valence-corrected chi connectivity index (χ3v) is 3.57. The summed E-state index contributed by atoms with van der Waals surface area (Å²) in [6.45, 7) is 8.32. The fourth-order valence-electron chi connectivity index (χ4n) is 1.12. The first-order valence-corrected chi connectivity index (χ1v) is 6.52. The summed E-state index contributed by atoms with van der Waals surface area (Å²) in [4.78, 5) is 8.92. The van der Waals surface area contributed by atoms with Crippen molar-refractivity contribution < 1.29 is 0 Å². The second-order valence-corrected chi connectivity index (χ2v) is 5.71. The second kappa shape index (κ2) is 5.71. The maximum absolute atomic E-state index is 5.78. The van der Waals surface area contributed by atoms with Crippen LogP contribution in [0, 0.1) is 6.92 Å². The summed E-state index contributed by atoms with van der Waals surface area (Å²) >= 11 is 7.49. The minimum atomic E-state index is 0.371. The van der Waals surface area contributed by atoms with Crippen LogP contribution >= 0.6 is 23.4 Å². The number of nitrogens with zero attached hydrogens (tertiary/aromatic N) is 2. The second-order valence-electron chi connectivity index (χ2n) is 3.94. The Bertz CT molecular complexity index is 328. The highest BCUT2D eigenvalue weighted by Crippen LogP contribution is 2.23. The van der Waals surface area contributed by atoms with Crippen LogP contribution in [0.15, 0.2) is 11.1 Å². The van der Waals surface area contributed by atoms with Crippen molar-refractivity contribution in [2.24, 2.45) is 0 Å². The molecule has 0 saturated carbocycles. The Kier molecular flexibility index (Phi) is 4.87. The summed E-state index contributed by atoms with van der Waals surface area (Å²) in [6.07, 6.45) is 0. The van der Waals surface area contributed by atoms with Gasteiger partial charge in [0, 0.05) is 22.7 Å². The number of halogens is 1. The Balaban J connectivity index is 2.88. The molecule has 1 aromatic rings. The van der Waals surface area contributed by atoms with Crippen molar-refractivity contribution in [1.29, 1.82) is 0 Å². The van der Waals surface area contributed by atoms with E-state index in [9.17, 15) is 0 Å². The third kappa shape index (κ3) is 3.99. The average Bonchev–Trinajstić information content (AvgIpc) is 2.16. The highest BCUT2D eigenvalue weighted by atomic mass is 35.5. The van der Waals surface area contributed by atoms with E-state index in [1.54, 1.807) is 11.8 Å². The van der Waals surface area contributed by atoms with Gasteiger partial charge in [-0.1, -0.05) is 20.8 Å². The zero-order chi connectivity index (χ0) is 11.4. The van der Waals surface area contributed by atoms with E-state index in [0.717, 1.165) is 16.5 Å². The van der Waals surface area contributed by atoms with E-state index in [1.807, 2.05) is 13.0 Å². The van der Waals surface area contributed by atoms with Crippen LogP contribution in [-0.4, -0.2) is 21.1 Å². The van der Waals surface area contributed by atoms with Gasteiger partial charge in [-0.25, -0.2) is 9.97 Å². The Morgan fingerprint density at radius 3 is 2.53 bits per heavy atom. The Morgan fingerprint density at radius 2 is 2.00 bits per heavy atom. The van der Waals surface area contributed by atoms with E-state index < -0.39 is 0 Å². The molecule has 0 bridgehead atoms. The first-order valence-electron chi connectivity index (χ1n) is 5.11. The molecule has 0 aliphatic heterocycles. The number of alkyl halides is 1. The molecule has 0 aromatic carbocycles. The van der Waals surface area contributed by atoms with E-state index in [1.165, 1.54) is 0 Å². The monoisotopic (exact) mass is 244 g/mol. The fourth-order valence-corrected chi connectivity index (χ4v) is 2.17. The lowest BCUT2D eigenvalue weighted by molar-refractivity contribution is 0.744. The van der Waals surface area contributed by atoms with Gasteiger partial charge in [-0.05, 0) is 13.0 Å². The van der Waals surface area contributed by atoms with Crippen LogP contribution < -0.4 is 0 Å². The largest absolute Gasteiger partial charge is 0.238 e. The Hall–Kier alpha value is -0.280. The number of aryl methyl sites for hydroxylation is 1. The molecule has 1 aromatic heterocycles. The van der Waals surface area contributed by atoms with Crippen molar-refractivity contribution in [1.82, 2.24) is 9.97 Å². The van der Waals surface area contributed by atoms with Crippen LogP contribution in [0.4, 0.5) is 0 Å². The van der Waals surface area contributed by atoms with Crippen LogP contribution in [0.25, 0.3) is 0 Å². The molecule has 1 atom stereocenters. The van der Waals surface area contributed by atoms with Gasteiger partial charge in [0.2, 0.25) is 0 Å². The van der Waals surface area contributed by atoms with Crippen molar-refractivity contribution in [2.45, 2.75) is 43.9 Å². The van der Waals surface area contributed by atoms with Crippen LogP contribution in [-0.2, 0) is 0 Å². The van der Waals surface area contributed by atoms with Crippen molar-refractivity contribution >= 4 is 23.4 Å². The highest BCUT2D eigenvalue weighted by Gasteiger charge is 2.09. The molecule has 1 heterocycles. The highest BCUT2D eigenvalue weighted by molar-refractivity contribution is 7.99. The maximum atomic E-state index is 5.78. The van der Waals surface area contributed by atoms with Crippen LogP contribution in [0.2, 0.25) is 0 Å². The van der Waals surface area contributed by atoms with Gasteiger partial charge in [-0.3, -0.25) is 0 Å². The van der Waals surface area contributed by atoms with Gasteiger partial charge < -0.3 is 0 Å². The first kappa shape index (κ1) is 12.8. The summed E-state index contributed by atoms with van der Waals surface area (Å²) in [5.74, 6) is 1.93. The minimum Gasteiger partial charge on any atom is -0.238 e. The van der Waals surface area contributed by atoms with Gasteiger partial charge >= 0.3 is 0 Å². The molecule has 15 heavy (non-hydrogen) atoms. The molecule has 0 N–H and O–H groups in total. The summed E-state index contributed by atoms with van der Waals surface area (Å²) < 4.78 is 0. The molecule has 84 valence electrons. The van der Waals surface area contributed by atoms with Crippen molar-refractivity contribution in [3.63, 3.8) is 0 Å². The molecule has 0 radical (unpaired) electrons. The number of rotatable bonds is 4. The maximum Gasteiger partial charge on any atom is 0.132 e. The molecule has 0 aliphatic rings. The standard InChI is InChI=1S/C11H17ClN2S/c1-7(2)11-13-8(3)5-10(14-11)15-9(4)6-12/h5,7,9H,6H2,1-4H3. The molecular weight excluding hydrogens is 228 g/mol. The van der Waals surface area contributed by atoms with Crippen molar-refractivity contribution in [3.05, 3.63) is 17.6 Å². The molecule has 0 amide bonds. The summed E-state index contributed by atoms with van der Waals surface area (Å²) in [5.41, 5.74) is 1.03. The lowest BCUT2D eigenvalue weighted by atomic mass is 10.2. The predicted molar refractivity (Wildman–Crippen MR) is 66.9 cm³/mol. The SMILES string of the molecule is Cc1cc(SC(C)CCl)nc(C(C)C)n1. The Morgan fingerprint density at radius 1 is 1.33 bits per heavy atom. The number of hydrogen-bond donors (Lipinski definition) is 0. The molecule has 2 nitrogen and oxygen atoms in total.